The van der Waals surface area contributed by atoms with Crippen molar-refractivity contribution in [1.82, 2.24) is 0 Å². The predicted octanol–water partition coefficient (Wildman–Crippen LogP) is 5.24. The first kappa shape index (κ1) is 96.2. The maximum Gasteiger partial charge on any atom is 1.00 e. The fourth-order valence-corrected chi connectivity index (χ4v) is 10.2. The SMILES string of the molecule is C1CCOC1.COCCOCCOC.COCCOCCOC.COCCOCCOC.COCCOCCOC.[Li+].[Li+].[Li].[Rb].[Rb].[Rb].[Rb].[Rb].c1cc2ccc3[cH-]cc4ccc5ccc1c1c2c3[c-]4c51.c1cc2ccc3ccc4ccc5ccc1c1c2c3c4c51. The van der Waals surface area contributed by atoms with Gasteiger partial charge in [0.15, 0.2) is 0 Å². The van der Waals surface area contributed by atoms with Gasteiger partial charge in [-0.05, 0) is 72.1 Å². The quantitative estimate of drug-likeness (QED) is 0.0341. The summed E-state index contributed by atoms with van der Waals surface area (Å²) in [5, 5.41) is 28.2. The van der Waals surface area contributed by atoms with Crippen molar-refractivity contribution >= 4 is 418 Å². The average Bonchev–Trinajstić information content (AvgIpc) is 1.56. The molecule has 1 aliphatic rings. The van der Waals surface area contributed by atoms with E-state index in [1.54, 1.807) is 56.9 Å². The maximum absolute atomic E-state index is 5.06. The van der Waals surface area contributed by atoms with Crippen LogP contribution in [-0.4, -0.2) is 486 Å². The van der Waals surface area contributed by atoms with Crippen LogP contribution in [0.4, 0.5) is 0 Å². The summed E-state index contributed by atoms with van der Waals surface area (Å²) in [5.41, 5.74) is 0. The van der Waals surface area contributed by atoms with Crippen molar-refractivity contribution in [2.24, 2.45) is 0 Å². The fourth-order valence-electron chi connectivity index (χ4n) is 10.2. The summed E-state index contributed by atoms with van der Waals surface area (Å²) in [7, 11) is 13.2. The van der Waals surface area contributed by atoms with Gasteiger partial charge in [-0.25, -0.2) is 0 Å². The van der Waals surface area contributed by atoms with E-state index >= 15 is 0 Å². The molecule has 13 rings (SSSR count). The van der Waals surface area contributed by atoms with Gasteiger partial charge in [0, 0.05) is 380 Å². The van der Waals surface area contributed by atoms with Crippen molar-refractivity contribution in [2.75, 3.05) is 176 Å². The van der Waals surface area contributed by atoms with Crippen LogP contribution < -0.4 is 37.7 Å². The molecule has 1 heterocycles. The van der Waals surface area contributed by atoms with Gasteiger partial charge in [-0.1, -0.05) is 106 Å². The number of hydrogen-bond donors (Lipinski definition) is 0. The molecule has 1 aliphatic heterocycles. The van der Waals surface area contributed by atoms with Crippen molar-refractivity contribution in [3.63, 3.8) is 0 Å². The molecule has 21 heteroatoms. The second kappa shape index (κ2) is 56.6. The molecule has 0 atom stereocenters. The number of rotatable bonds is 24. The summed E-state index contributed by atoms with van der Waals surface area (Å²) < 4.78 is 63.3. The molecule has 12 aromatic carbocycles. The molecule has 0 saturated carbocycles. The molecule has 1 fully saturated rings. The zero-order valence-electron chi connectivity index (χ0n) is 57.0. The summed E-state index contributed by atoms with van der Waals surface area (Å²) in [6, 6.07) is 45.2. The Morgan fingerprint density at radius 2 is 0.551 bits per heavy atom. The summed E-state index contributed by atoms with van der Waals surface area (Å²) in [5.74, 6) is 0. The van der Waals surface area contributed by atoms with Crippen molar-refractivity contribution in [3.05, 3.63) is 121 Å². The molecule has 12 aromatic rings. The first-order valence-electron chi connectivity index (χ1n) is 28.1. The van der Waals surface area contributed by atoms with Gasteiger partial charge in [0.05, 0.1) is 106 Å². The van der Waals surface area contributed by atoms with Crippen LogP contribution in [0.1, 0.15) is 12.8 Å². The summed E-state index contributed by atoms with van der Waals surface area (Å²) in [6.07, 6.45) is 2.56. The molecule has 0 bridgehead atoms. The minimum atomic E-state index is 0. The van der Waals surface area contributed by atoms with Crippen LogP contribution in [0.3, 0.4) is 0 Å². The van der Waals surface area contributed by atoms with Crippen molar-refractivity contribution in [2.45, 2.75) is 12.8 Å². The second-order valence-corrected chi connectivity index (χ2v) is 19.3. The fraction of sp³-hybridized carbons (Fsp3) is 0.412. The first-order valence-corrected chi connectivity index (χ1v) is 28.1. The molecule has 6 radical (unpaired) electrons. The van der Waals surface area contributed by atoms with Crippen LogP contribution in [-0.2, 0) is 61.6 Å². The molecule has 0 aromatic heterocycles. The Bertz CT molecular complexity index is 2660. The molecule has 0 spiro atoms. The largest absolute Gasteiger partial charge is 1.00 e. The van der Waals surface area contributed by atoms with E-state index in [0.717, 1.165) is 13.2 Å². The normalized spacial score (nSPS) is 11.2. The average molecular weight is 1560 g/mol. The Labute approximate surface area is 808 Å². The van der Waals surface area contributed by atoms with E-state index in [1.165, 1.54) is 121 Å². The zero-order chi connectivity index (χ0) is 57.0. The van der Waals surface area contributed by atoms with E-state index < -0.39 is 0 Å². The van der Waals surface area contributed by atoms with Crippen molar-refractivity contribution in [1.29, 1.82) is 0 Å². The van der Waals surface area contributed by atoms with Crippen LogP contribution in [0, 0.1) is 0 Å². The minimum absolute atomic E-state index is 0. The molecule has 0 N–H and O–H groups in total. The Morgan fingerprint density at radius 3 is 0.809 bits per heavy atom. The van der Waals surface area contributed by atoms with Crippen LogP contribution in [0.2, 0.25) is 0 Å². The zero-order valence-corrected chi connectivity index (χ0v) is 81.6. The van der Waals surface area contributed by atoms with E-state index in [1.807, 2.05) is 0 Å². The molecule has 442 valence electrons. The Morgan fingerprint density at radius 1 is 0.315 bits per heavy atom. The molecule has 89 heavy (non-hydrogen) atoms. The Hall–Kier alpha value is 5.10. The topological polar surface area (TPSA) is 120 Å². The third-order valence-electron chi connectivity index (χ3n) is 14.1. The van der Waals surface area contributed by atoms with E-state index in [4.69, 9.17) is 61.6 Å². The van der Waals surface area contributed by atoms with Crippen molar-refractivity contribution in [3.8, 4) is 0 Å². The summed E-state index contributed by atoms with van der Waals surface area (Å²) >= 11 is 0. The summed E-state index contributed by atoms with van der Waals surface area (Å²) in [4.78, 5) is 0. The van der Waals surface area contributed by atoms with Gasteiger partial charge in [0.2, 0.25) is 0 Å². The molecule has 0 aliphatic carbocycles. The standard InChI is InChI=1S/2C20H10.4C6H14O3.C4H8O.3Li.5Rb/c2*1-2-12-5-6-14-9-10-15-8-7-13-4-3-11(1)16-17(12)19(14)20(15)18(13)16;4*1-7-3-5-9-6-4-8-2;1-2-4-5-3-1;;;;;;;;/h2*1-10H;4*3-6H2,1-2H3;1-4H2;;;;;;;;/q;-2;;;;;;;2*+1;;;;;. The monoisotopic (exact) mass is 1550 g/mol. The number of benzene rings is 10. The van der Waals surface area contributed by atoms with Gasteiger partial charge >= 0.3 is 37.7 Å². The molecule has 0 unspecified atom stereocenters. The molecular formula is C68H84Li3O13Rb5. The van der Waals surface area contributed by atoms with Gasteiger partial charge < -0.3 is 61.6 Å². The smallest absolute Gasteiger partial charge is 0.382 e. The number of methoxy groups -OCH3 is 8. The van der Waals surface area contributed by atoms with E-state index in [-0.39, 0.29) is 348 Å². The number of ether oxygens (including phenoxy) is 13. The number of hydrogen-bond acceptors (Lipinski definition) is 13. The van der Waals surface area contributed by atoms with Crippen LogP contribution in [0.15, 0.2) is 121 Å². The van der Waals surface area contributed by atoms with Crippen LogP contribution in [0.5, 0.6) is 0 Å². The molecule has 1 saturated heterocycles. The van der Waals surface area contributed by atoms with Gasteiger partial charge in [0.1, 0.15) is 0 Å². The molecule has 0 amide bonds. The van der Waals surface area contributed by atoms with Gasteiger partial charge in [0.25, 0.3) is 0 Å². The van der Waals surface area contributed by atoms with Crippen molar-refractivity contribution < 1.29 is 99.3 Å². The Balaban J connectivity index is 0. The molecule has 13 nitrogen and oxygen atoms in total. The third kappa shape index (κ3) is 28.7. The van der Waals surface area contributed by atoms with E-state index in [9.17, 15) is 0 Å². The minimum Gasteiger partial charge on any atom is -0.382 e. The van der Waals surface area contributed by atoms with Crippen LogP contribution >= 0.6 is 0 Å². The summed E-state index contributed by atoms with van der Waals surface area (Å²) in [6.45, 7) is 12.5. The van der Waals surface area contributed by atoms with Crippen LogP contribution in [0.25, 0.3) is 108 Å². The molecular weight excluding hydrogens is 1470 g/mol. The third-order valence-corrected chi connectivity index (χ3v) is 14.1. The van der Waals surface area contributed by atoms with Gasteiger partial charge in [-0.3, -0.25) is 0 Å². The predicted molar refractivity (Wildman–Crippen MR) is 368 cm³/mol. The Kier molecular flexibility index (Phi) is 61.2. The maximum atomic E-state index is 5.06. The van der Waals surface area contributed by atoms with E-state index in [2.05, 4.69) is 121 Å². The second-order valence-electron chi connectivity index (χ2n) is 19.3. The van der Waals surface area contributed by atoms with Gasteiger partial charge in [-0.15, -0.1) is 23.6 Å². The van der Waals surface area contributed by atoms with E-state index in [0.29, 0.717) is 106 Å². The van der Waals surface area contributed by atoms with Gasteiger partial charge in [-0.2, -0.15) is 39.7 Å². The first-order chi connectivity index (χ1) is 40.0.